The first-order chi connectivity index (χ1) is 15.0. The minimum Gasteiger partial charge on any atom is -0.497 e. The highest BCUT2D eigenvalue weighted by Gasteiger charge is 2.20. The molecule has 0 bridgehead atoms. The highest BCUT2D eigenvalue weighted by Crippen LogP contribution is 2.38. The van der Waals surface area contributed by atoms with Crippen LogP contribution in [0, 0.1) is 0 Å². The Morgan fingerprint density at radius 2 is 1.26 bits per heavy atom. The summed E-state index contributed by atoms with van der Waals surface area (Å²) in [6.07, 6.45) is 2.20. The van der Waals surface area contributed by atoms with Gasteiger partial charge >= 0.3 is 0 Å². The van der Waals surface area contributed by atoms with Crippen LogP contribution in [0.3, 0.4) is 0 Å². The lowest BCUT2D eigenvalue weighted by Gasteiger charge is -2.24. The lowest BCUT2D eigenvalue weighted by atomic mass is 9.88. The maximum absolute atomic E-state index is 5.35. The van der Waals surface area contributed by atoms with Gasteiger partial charge in [0.15, 0.2) is 0 Å². The summed E-state index contributed by atoms with van der Waals surface area (Å²) in [6, 6.07) is 28.1. The van der Waals surface area contributed by atoms with Crippen molar-refractivity contribution >= 4 is 0 Å². The fraction of sp³-hybridized carbons (Fsp3) is 0.241. The first-order valence-corrected chi connectivity index (χ1v) is 11.0. The standard InChI is InChI=1S/C29H31NO/c1-20(2)26-18-24(22-13-15-25(31-5)16-14-22)19-27(21(3)4)29(26)30-17-9-12-28(30)23-10-7-6-8-11-23/h6-21H,1-5H3. The minimum atomic E-state index is 0.400. The normalized spacial score (nSPS) is 11.3. The van der Waals surface area contributed by atoms with E-state index >= 15 is 0 Å². The maximum atomic E-state index is 5.35. The van der Waals surface area contributed by atoms with Crippen LogP contribution >= 0.6 is 0 Å². The third-order valence-corrected chi connectivity index (χ3v) is 5.90. The smallest absolute Gasteiger partial charge is 0.118 e. The molecule has 0 aliphatic rings. The first kappa shape index (κ1) is 21.0. The average Bonchev–Trinajstić information content (AvgIpc) is 3.28. The van der Waals surface area contributed by atoms with Crippen molar-refractivity contribution in [2.75, 3.05) is 7.11 Å². The van der Waals surface area contributed by atoms with Crippen molar-refractivity contribution in [1.29, 1.82) is 0 Å². The molecule has 3 aromatic carbocycles. The summed E-state index contributed by atoms with van der Waals surface area (Å²) in [4.78, 5) is 0. The zero-order chi connectivity index (χ0) is 22.0. The molecule has 0 radical (unpaired) electrons. The molecule has 0 unspecified atom stereocenters. The van der Waals surface area contributed by atoms with E-state index in [9.17, 15) is 0 Å². The van der Waals surface area contributed by atoms with Gasteiger partial charge in [0.2, 0.25) is 0 Å². The van der Waals surface area contributed by atoms with Crippen LogP contribution in [-0.4, -0.2) is 11.7 Å². The fourth-order valence-electron chi connectivity index (χ4n) is 4.21. The van der Waals surface area contributed by atoms with Gasteiger partial charge < -0.3 is 9.30 Å². The van der Waals surface area contributed by atoms with Crippen molar-refractivity contribution in [3.63, 3.8) is 0 Å². The first-order valence-electron chi connectivity index (χ1n) is 11.0. The molecule has 0 saturated carbocycles. The van der Waals surface area contributed by atoms with Crippen LogP contribution in [-0.2, 0) is 0 Å². The summed E-state index contributed by atoms with van der Waals surface area (Å²) < 4.78 is 7.72. The molecule has 31 heavy (non-hydrogen) atoms. The fourth-order valence-corrected chi connectivity index (χ4v) is 4.21. The van der Waals surface area contributed by atoms with E-state index in [0.29, 0.717) is 11.8 Å². The molecule has 2 nitrogen and oxygen atoms in total. The van der Waals surface area contributed by atoms with E-state index < -0.39 is 0 Å². The average molecular weight is 410 g/mol. The second-order valence-electron chi connectivity index (χ2n) is 8.67. The van der Waals surface area contributed by atoms with Crippen LogP contribution in [0.4, 0.5) is 0 Å². The molecular formula is C29H31NO. The molecule has 1 aromatic heterocycles. The molecular weight excluding hydrogens is 378 g/mol. The van der Waals surface area contributed by atoms with Crippen LogP contribution in [0.1, 0.15) is 50.7 Å². The van der Waals surface area contributed by atoms with Gasteiger partial charge in [-0.1, -0.05) is 70.2 Å². The van der Waals surface area contributed by atoms with Gasteiger partial charge in [0, 0.05) is 6.20 Å². The highest BCUT2D eigenvalue weighted by atomic mass is 16.5. The van der Waals surface area contributed by atoms with Crippen molar-refractivity contribution in [3.8, 4) is 33.8 Å². The molecule has 0 atom stereocenters. The van der Waals surface area contributed by atoms with Crippen LogP contribution < -0.4 is 4.74 Å². The van der Waals surface area contributed by atoms with E-state index in [0.717, 1.165) is 5.75 Å². The molecule has 158 valence electrons. The van der Waals surface area contributed by atoms with E-state index in [1.807, 2.05) is 12.1 Å². The van der Waals surface area contributed by atoms with E-state index in [1.165, 1.54) is 39.2 Å². The Bertz CT molecular complexity index is 1120. The Morgan fingerprint density at radius 1 is 0.645 bits per heavy atom. The number of methoxy groups -OCH3 is 1. The van der Waals surface area contributed by atoms with Crippen molar-refractivity contribution in [2.45, 2.75) is 39.5 Å². The Morgan fingerprint density at radius 3 is 1.81 bits per heavy atom. The zero-order valence-electron chi connectivity index (χ0n) is 19.1. The van der Waals surface area contributed by atoms with Gasteiger partial charge in [0.25, 0.3) is 0 Å². The number of aromatic nitrogens is 1. The van der Waals surface area contributed by atoms with Crippen molar-refractivity contribution in [3.05, 3.63) is 96.2 Å². The zero-order valence-corrected chi connectivity index (χ0v) is 19.1. The highest BCUT2D eigenvalue weighted by molar-refractivity contribution is 5.72. The SMILES string of the molecule is COc1ccc(-c2cc(C(C)C)c(-n3cccc3-c3ccccc3)c(C(C)C)c2)cc1. The predicted molar refractivity (Wildman–Crippen MR) is 131 cm³/mol. The summed E-state index contributed by atoms with van der Waals surface area (Å²) in [5.74, 6) is 1.68. The molecule has 0 spiro atoms. The lowest BCUT2D eigenvalue weighted by molar-refractivity contribution is 0.415. The van der Waals surface area contributed by atoms with Crippen molar-refractivity contribution in [1.82, 2.24) is 4.57 Å². The summed E-state index contributed by atoms with van der Waals surface area (Å²) >= 11 is 0. The van der Waals surface area contributed by atoms with E-state index in [-0.39, 0.29) is 0 Å². The second-order valence-corrected chi connectivity index (χ2v) is 8.67. The molecule has 0 saturated heterocycles. The number of nitrogens with zero attached hydrogens (tertiary/aromatic N) is 1. The number of hydrogen-bond acceptors (Lipinski definition) is 1. The number of hydrogen-bond donors (Lipinski definition) is 0. The van der Waals surface area contributed by atoms with E-state index in [2.05, 4.69) is 105 Å². The van der Waals surface area contributed by atoms with Gasteiger partial charge in [-0.25, -0.2) is 0 Å². The van der Waals surface area contributed by atoms with E-state index in [4.69, 9.17) is 4.74 Å². The summed E-state index contributed by atoms with van der Waals surface area (Å²) in [7, 11) is 1.71. The number of rotatable bonds is 6. The third kappa shape index (κ3) is 4.16. The van der Waals surface area contributed by atoms with E-state index in [1.54, 1.807) is 7.11 Å². The molecule has 0 fully saturated rings. The number of benzene rings is 3. The monoisotopic (exact) mass is 409 g/mol. The van der Waals surface area contributed by atoms with Gasteiger partial charge in [-0.05, 0) is 76.1 Å². The molecule has 4 aromatic rings. The van der Waals surface area contributed by atoms with Gasteiger partial charge in [-0.3, -0.25) is 0 Å². The predicted octanol–water partition coefficient (Wildman–Crippen LogP) is 8.07. The van der Waals surface area contributed by atoms with Gasteiger partial charge in [0.05, 0.1) is 18.5 Å². The van der Waals surface area contributed by atoms with Crippen LogP contribution in [0.5, 0.6) is 5.75 Å². The maximum Gasteiger partial charge on any atom is 0.118 e. The second kappa shape index (κ2) is 8.85. The Labute approximate surface area is 186 Å². The molecule has 0 N–H and O–H groups in total. The van der Waals surface area contributed by atoms with Gasteiger partial charge in [0.1, 0.15) is 5.75 Å². The van der Waals surface area contributed by atoms with Gasteiger partial charge in [-0.2, -0.15) is 0 Å². The molecule has 1 heterocycles. The molecule has 0 aliphatic carbocycles. The molecule has 0 amide bonds. The summed E-state index contributed by atoms with van der Waals surface area (Å²) in [5.41, 5.74) is 8.97. The van der Waals surface area contributed by atoms with Crippen molar-refractivity contribution in [2.24, 2.45) is 0 Å². The topological polar surface area (TPSA) is 14.2 Å². The van der Waals surface area contributed by atoms with Crippen LogP contribution in [0.2, 0.25) is 0 Å². The van der Waals surface area contributed by atoms with Crippen LogP contribution in [0.25, 0.3) is 28.1 Å². The van der Waals surface area contributed by atoms with Crippen LogP contribution in [0.15, 0.2) is 85.1 Å². The summed E-state index contributed by atoms with van der Waals surface area (Å²) in [5, 5.41) is 0. The summed E-state index contributed by atoms with van der Waals surface area (Å²) in [6.45, 7) is 9.14. The Balaban J connectivity index is 1.94. The largest absolute Gasteiger partial charge is 0.497 e. The van der Waals surface area contributed by atoms with Crippen molar-refractivity contribution < 1.29 is 4.74 Å². The Kier molecular flexibility index (Phi) is 5.99. The quantitative estimate of drug-likeness (QED) is 0.314. The third-order valence-electron chi connectivity index (χ3n) is 5.90. The minimum absolute atomic E-state index is 0.400. The molecule has 2 heteroatoms. The Hall–Kier alpha value is -3.26. The lowest BCUT2D eigenvalue weighted by Crippen LogP contribution is -2.08. The molecule has 4 rings (SSSR count). The molecule has 0 aliphatic heterocycles. The van der Waals surface area contributed by atoms with Gasteiger partial charge in [-0.15, -0.1) is 0 Å². The number of ether oxygens (including phenoxy) is 1.